The molecule has 4 rings (SSSR count). The average Bonchev–Trinajstić information content (AvgIpc) is 2.97. The van der Waals surface area contributed by atoms with Gasteiger partial charge >= 0.3 is 5.97 Å². The SMILES string of the molecule is Cn1c(SCC(=O)O)c(-c2ccc(C#N)c3ccccc23)c2ncccc21. The lowest BCUT2D eigenvalue weighted by atomic mass is 9.96. The molecular weight excluding hydrogens is 358 g/mol. The van der Waals surface area contributed by atoms with Gasteiger partial charge in [0, 0.05) is 24.2 Å². The molecule has 0 aliphatic rings. The minimum Gasteiger partial charge on any atom is -0.481 e. The monoisotopic (exact) mass is 373 g/mol. The summed E-state index contributed by atoms with van der Waals surface area (Å²) in [5.41, 5.74) is 4.22. The van der Waals surface area contributed by atoms with Crippen molar-refractivity contribution in [3.05, 3.63) is 60.3 Å². The fourth-order valence-corrected chi connectivity index (χ4v) is 4.30. The predicted molar refractivity (Wildman–Crippen MR) is 107 cm³/mol. The summed E-state index contributed by atoms with van der Waals surface area (Å²) in [6.07, 6.45) is 1.74. The van der Waals surface area contributed by atoms with Crippen LogP contribution in [0.2, 0.25) is 0 Å². The van der Waals surface area contributed by atoms with Gasteiger partial charge in [-0.15, -0.1) is 0 Å². The molecule has 0 bridgehead atoms. The first kappa shape index (κ1) is 17.1. The van der Waals surface area contributed by atoms with Crippen LogP contribution in [0.15, 0.2) is 59.8 Å². The number of fused-ring (bicyclic) bond motifs is 2. The van der Waals surface area contributed by atoms with E-state index in [0.717, 1.165) is 38.0 Å². The van der Waals surface area contributed by atoms with E-state index in [1.54, 1.807) is 6.20 Å². The summed E-state index contributed by atoms with van der Waals surface area (Å²) in [6.45, 7) is 0. The molecular formula is C21H15N3O2S. The average molecular weight is 373 g/mol. The first-order valence-electron chi connectivity index (χ1n) is 8.32. The molecule has 2 aromatic carbocycles. The lowest BCUT2D eigenvalue weighted by Gasteiger charge is -2.10. The molecule has 0 aliphatic carbocycles. The first-order valence-corrected chi connectivity index (χ1v) is 9.30. The van der Waals surface area contributed by atoms with E-state index in [-0.39, 0.29) is 5.75 Å². The molecule has 0 spiro atoms. The van der Waals surface area contributed by atoms with Crippen molar-refractivity contribution in [2.45, 2.75) is 5.03 Å². The second-order valence-electron chi connectivity index (χ2n) is 6.11. The third-order valence-corrected chi connectivity index (χ3v) is 5.69. The Labute approximate surface area is 159 Å². The van der Waals surface area contributed by atoms with Crippen LogP contribution in [0.4, 0.5) is 0 Å². The lowest BCUT2D eigenvalue weighted by molar-refractivity contribution is -0.133. The zero-order valence-electron chi connectivity index (χ0n) is 14.5. The van der Waals surface area contributed by atoms with Gasteiger partial charge in [-0.1, -0.05) is 42.1 Å². The Morgan fingerprint density at radius 3 is 2.70 bits per heavy atom. The zero-order valence-corrected chi connectivity index (χ0v) is 15.3. The van der Waals surface area contributed by atoms with Crippen molar-refractivity contribution in [2.75, 3.05) is 5.75 Å². The van der Waals surface area contributed by atoms with Gasteiger partial charge in [0.15, 0.2) is 0 Å². The van der Waals surface area contributed by atoms with E-state index < -0.39 is 5.97 Å². The lowest BCUT2D eigenvalue weighted by Crippen LogP contribution is -2.00. The van der Waals surface area contributed by atoms with Crippen LogP contribution in [0.3, 0.4) is 0 Å². The van der Waals surface area contributed by atoms with E-state index in [4.69, 9.17) is 5.11 Å². The number of hydrogen-bond donors (Lipinski definition) is 1. The highest BCUT2D eigenvalue weighted by atomic mass is 32.2. The molecule has 1 N–H and O–H groups in total. The van der Waals surface area contributed by atoms with Crippen molar-refractivity contribution in [3.8, 4) is 17.2 Å². The van der Waals surface area contributed by atoms with Crippen LogP contribution in [-0.4, -0.2) is 26.4 Å². The van der Waals surface area contributed by atoms with E-state index in [1.165, 1.54) is 11.8 Å². The van der Waals surface area contributed by atoms with E-state index >= 15 is 0 Å². The molecule has 0 saturated carbocycles. The molecule has 4 aromatic rings. The van der Waals surface area contributed by atoms with Gasteiger partial charge in [0.1, 0.15) is 0 Å². The second kappa shape index (κ2) is 6.78. The number of thioether (sulfide) groups is 1. The Morgan fingerprint density at radius 2 is 1.96 bits per heavy atom. The smallest absolute Gasteiger partial charge is 0.313 e. The molecule has 132 valence electrons. The summed E-state index contributed by atoms with van der Waals surface area (Å²) in [6, 6.07) is 17.6. The molecule has 0 saturated heterocycles. The third-order valence-electron chi connectivity index (χ3n) is 4.55. The highest BCUT2D eigenvalue weighted by Crippen LogP contribution is 2.42. The van der Waals surface area contributed by atoms with Crippen LogP contribution in [0.25, 0.3) is 32.9 Å². The second-order valence-corrected chi connectivity index (χ2v) is 7.07. The van der Waals surface area contributed by atoms with Gasteiger partial charge in [-0.2, -0.15) is 5.26 Å². The Morgan fingerprint density at radius 1 is 1.19 bits per heavy atom. The summed E-state index contributed by atoms with van der Waals surface area (Å²) in [4.78, 5) is 15.7. The van der Waals surface area contributed by atoms with Crippen LogP contribution in [-0.2, 0) is 11.8 Å². The molecule has 0 fully saturated rings. The number of pyridine rings is 1. The van der Waals surface area contributed by atoms with Gasteiger partial charge in [0.2, 0.25) is 0 Å². The molecule has 0 unspecified atom stereocenters. The molecule has 0 aliphatic heterocycles. The van der Waals surface area contributed by atoms with Gasteiger partial charge in [0.25, 0.3) is 0 Å². The first-order chi connectivity index (χ1) is 13.1. The number of benzene rings is 2. The molecule has 2 aromatic heterocycles. The van der Waals surface area contributed by atoms with Crippen molar-refractivity contribution in [2.24, 2.45) is 7.05 Å². The van der Waals surface area contributed by atoms with Crippen LogP contribution in [0, 0.1) is 11.3 Å². The zero-order chi connectivity index (χ0) is 19.0. The number of aryl methyl sites for hydroxylation is 1. The maximum atomic E-state index is 11.2. The van der Waals surface area contributed by atoms with Crippen molar-refractivity contribution in [3.63, 3.8) is 0 Å². The Balaban J connectivity index is 2.08. The number of hydrogen-bond acceptors (Lipinski definition) is 4. The van der Waals surface area contributed by atoms with Crippen LogP contribution >= 0.6 is 11.8 Å². The Hall–Kier alpha value is -3.30. The van der Waals surface area contributed by atoms with E-state index in [9.17, 15) is 10.1 Å². The topological polar surface area (TPSA) is 78.9 Å². The van der Waals surface area contributed by atoms with Crippen LogP contribution < -0.4 is 0 Å². The molecule has 0 radical (unpaired) electrons. The number of carbonyl (C=O) groups is 1. The third kappa shape index (κ3) is 2.82. The summed E-state index contributed by atoms with van der Waals surface area (Å²) < 4.78 is 1.98. The van der Waals surface area contributed by atoms with E-state index in [0.29, 0.717) is 5.56 Å². The number of carboxylic acid groups (broad SMARTS) is 1. The van der Waals surface area contributed by atoms with Crippen molar-refractivity contribution in [1.29, 1.82) is 5.26 Å². The molecule has 27 heavy (non-hydrogen) atoms. The van der Waals surface area contributed by atoms with Crippen LogP contribution in [0.5, 0.6) is 0 Å². The fourth-order valence-electron chi connectivity index (χ4n) is 3.39. The van der Waals surface area contributed by atoms with Gasteiger partial charge in [0.05, 0.1) is 33.4 Å². The van der Waals surface area contributed by atoms with Crippen molar-refractivity contribution < 1.29 is 9.90 Å². The summed E-state index contributed by atoms with van der Waals surface area (Å²) in [5, 5.41) is 21.3. The Bertz CT molecular complexity index is 1240. The molecule has 2 heterocycles. The largest absolute Gasteiger partial charge is 0.481 e. The number of aromatic nitrogens is 2. The minimum atomic E-state index is -0.867. The van der Waals surface area contributed by atoms with Crippen molar-refractivity contribution in [1.82, 2.24) is 9.55 Å². The predicted octanol–water partition coefficient (Wildman–Crippen LogP) is 4.44. The molecule has 0 atom stereocenters. The van der Waals surface area contributed by atoms with Gasteiger partial charge in [-0.3, -0.25) is 9.78 Å². The standard InChI is InChI=1S/C21H15N3O2S/c1-24-17-7-4-10-23-20(17)19(21(24)27-12-18(25)26)16-9-8-13(11-22)14-5-2-3-6-15(14)16/h2-10H,12H2,1H3,(H,25,26). The maximum Gasteiger partial charge on any atom is 0.313 e. The number of carboxylic acids is 1. The van der Waals surface area contributed by atoms with Gasteiger partial charge < -0.3 is 9.67 Å². The van der Waals surface area contributed by atoms with Crippen molar-refractivity contribution >= 4 is 39.5 Å². The minimum absolute atomic E-state index is 0.0363. The highest BCUT2D eigenvalue weighted by Gasteiger charge is 2.21. The molecule has 5 nitrogen and oxygen atoms in total. The van der Waals surface area contributed by atoms with Crippen LogP contribution in [0.1, 0.15) is 5.56 Å². The van der Waals surface area contributed by atoms with E-state index in [1.807, 2.05) is 60.1 Å². The number of nitriles is 1. The summed E-state index contributed by atoms with van der Waals surface area (Å²) in [7, 11) is 1.92. The maximum absolute atomic E-state index is 11.2. The molecule has 0 amide bonds. The van der Waals surface area contributed by atoms with Gasteiger partial charge in [-0.25, -0.2) is 0 Å². The fraction of sp³-hybridized carbons (Fsp3) is 0.0952. The quantitative estimate of drug-likeness (QED) is 0.535. The van der Waals surface area contributed by atoms with Gasteiger partial charge in [-0.05, 0) is 29.1 Å². The summed E-state index contributed by atoms with van der Waals surface area (Å²) in [5.74, 6) is -0.903. The molecule has 6 heteroatoms. The summed E-state index contributed by atoms with van der Waals surface area (Å²) >= 11 is 1.28. The number of nitrogens with zero attached hydrogens (tertiary/aromatic N) is 3. The Kier molecular flexibility index (Phi) is 4.30. The normalized spacial score (nSPS) is 11.0. The highest BCUT2D eigenvalue weighted by molar-refractivity contribution is 8.00. The number of rotatable bonds is 4. The number of aliphatic carboxylic acids is 1. The van der Waals surface area contributed by atoms with E-state index in [2.05, 4.69) is 11.1 Å².